The van der Waals surface area contributed by atoms with Crippen LogP contribution in [0.15, 0.2) is 24.4 Å². The number of fused-ring (bicyclic) bond motifs is 4. The van der Waals surface area contributed by atoms with Crippen LogP contribution in [0.3, 0.4) is 0 Å². The quantitative estimate of drug-likeness (QED) is 0.664. The average Bonchev–Trinajstić information content (AvgIpc) is 2.79. The average molecular weight is 431 g/mol. The van der Waals surface area contributed by atoms with Gasteiger partial charge in [0.15, 0.2) is 0 Å². The zero-order chi connectivity index (χ0) is 22.2. The highest BCUT2D eigenvalue weighted by Gasteiger charge is 2.48. The van der Waals surface area contributed by atoms with Crippen molar-refractivity contribution in [3.63, 3.8) is 0 Å². The highest BCUT2D eigenvalue weighted by molar-refractivity contribution is 5.79. The molecule has 31 heavy (non-hydrogen) atoms. The Hall–Kier alpha value is -2.48. The van der Waals surface area contributed by atoms with Gasteiger partial charge in [-0.1, -0.05) is 13.0 Å². The van der Waals surface area contributed by atoms with Crippen molar-refractivity contribution < 1.29 is 19.5 Å². The molecule has 8 heteroatoms. The van der Waals surface area contributed by atoms with Crippen LogP contribution in [0.5, 0.6) is 0 Å². The number of nitrogens with one attached hydrogen (secondary N) is 1. The Balaban J connectivity index is 0.000000858. The van der Waals surface area contributed by atoms with Crippen molar-refractivity contribution in [2.24, 2.45) is 11.8 Å². The lowest BCUT2D eigenvalue weighted by Crippen LogP contribution is -2.67. The maximum absolute atomic E-state index is 12.8. The van der Waals surface area contributed by atoms with E-state index in [4.69, 9.17) is 9.90 Å². The largest absolute Gasteiger partial charge is 0.483 e. The molecule has 0 spiro atoms. The molecule has 170 valence electrons. The Kier molecular flexibility index (Phi) is 8.40. The maximum Gasteiger partial charge on any atom is 0.290 e. The van der Waals surface area contributed by atoms with E-state index in [0.717, 1.165) is 38.2 Å². The summed E-state index contributed by atoms with van der Waals surface area (Å²) in [5.74, 6) is 1.41. The molecule has 2 bridgehead atoms. The van der Waals surface area contributed by atoms with Crippen LogP contribution in [0.25, 0.3) is 0 Å². The molecule has 0 unspecified atom stereocenters. The lowest BCUT2D eigenvalue weighted by atomic mass is 9.72. The molecule has 0 aromatic carbocycles. The van der Waals surface area contributed by atoms with Crippen molar-refractivity contribution in [3.05, 3.63) is 30.1 Å². The van der Waals surface area contributed by atoms with Gasteiger partial charge >= 0.3 is 0 Å². The molecule has 0 radical (unpaired) electrons. The van der Waals surface area contributed by atoms with Gasteiger partial charge in [0.1, 0.15) is 0 Å². The number of carboxylic acid groups (broad SMARTS) is 1. The van der Waals surface area contributed by atoms with E-state index in [2.05, 4.69) is 27.0 Å². The van der Waals surface area contributed by atoms with Gasteiger partial charge in [-0.2, -0.15) is 0 Å². The van der Waals surface area contributed by atoms with E-state index in [0.29, 0.717) is 49.6 Å². The van der Waals surface area contributed by atoms with E-state index in [1.165, 1.54) is 6.42 Å². The molecule has 3 aliphatic heterocycles. The number of nitrogens with zero attached hydrogens (tertiary/aromatic N) is 3. The molecule has 3 saturated heterocycles. The SMILES string of the molecule is CCN1C[C@H]2C[C@@H](C1)[C@H](CNC(=O)CCc1ccccn1)N1C(=O)CCC[C@@H]21.O=CO. The maximum atomic E-state index is 12.8. The normalized spacial score (nSPS) is 27.5. The van der Waals surface area contributed by atoms with Crippen LogP contribution in [0.4, 0.5) is 0 Å². The zero-order valence-corrected chi connectivity index (χ0v) is 18.3. The monoisotopic (exact) mass is 430 g/mol. The van der Waals surface area contributed by atoms with E-state index in [-0.39, 0.29) is 18.4 Å². The molecule has 8 nitrogen and oxygen atoms in total. The van der Waals surface area contributed by atoms with Gasteiger partial charge in [0.25, 0.3) is 6.47 Å². The van der Waals surface area contributed by atoms with Gasteiger partial charge in [0.05, 0.1) is 6.04 Å². The summed E-state index contributed by atoms with van der Waals surface area (Å²) in [7, 11) is 0. The molecular formula is C23H34N4O4. The molecule has 3 aliphatic rings. The summed E-state index contributed by atoms with van der Waals surface area (Å²) in [6.45, 7) is 5.77. The smallest absolute Gasteiger partial charge is 0.290 e. The first-order valence-corrected chi connectivity index (χ1v) is 11.3. The van der Waals surface area contributed by atoms with Crippen molar-refractivity contribution >= 4 is 18.3 Å². The second kappa shape index (κ2) is 11.2. The Labute approximate surface area is 184 Å². The van der Waals surface area contributed by atoms with Crippen molar-refractivity contribution in [2.45, 2.75) is 57.5 Å². The van der Waals surface area contributed by atoms with Crippen molar-refractivity contribution in [1.29, 1.82) is 0 Å². The number of hydrogen-bond donors (Lipinski definition) is 2. The first-order valence-electron chi connectivity index (χ1n) is 11.3. The lowest BCUT2D eigenvalue weighted by Gasteiger charge is -2.56. The Morgan fingerprint density at radius 2 is 2.10 bits per heavy atom. The highest BCUT2D eigenvalue weighted by Crippen LogP contribution is 2.41. The molecule has 1 aromatic heterocycles. The first-order chi connectivity index (χ1) is 15.1. The van der Waals surface area contributed by atoms with Gasteiger partial charge in [0, 0.05) is 50.4 Å². The van der Waals surface area contributed by atoms with Crippen LogP contribution in [0.1, 0.15) is 44.7 Å². The number of piperidine rings is 3. The highest BCUT2D eigenvalue weighted by atomic mass is 16.3. The van der Waals surface area contributed by atoms with E-state index in [1.807, 2.05) is 18.2 Å². The molecule has 1 aromatic rings. The predicted octanol–water partition coefficient (Wildman–Crippen LogP) is 1.55. The van der Waals surface area contributed by atoms with Crippen molar-refractivity contribution in [1.82, 2.24) is 20.1 Å². The first kappa shape index (κ1) is 23.2. The summed E-state index contributed by atoms with van der Waals surface area (Å²) in [5, 5.41) is 10.0. The number of aryl methyl sites for hydroxylation is 1. The van der Waals surface area contributed by atoms with Gasteiger partial charge in [-0.15, -0.1) is 0 Å². The van der Waals surface area contributed by atoms with E-state index in [1.54, 1.807) is 6.20 Å². The van der Waals surface area contributed by atoms with Crippen LogP contribution >= 0.6 is 0 Å². The number of carbonyl (C=O) groups excluding carboxylic acids is 2. The topological polar surface area (TPSA) is 103 Å². The molecule has 0 saturated carbocycles. The third-order valence-corrected chi connectivity index (χ3v) is 6.86. The van der Waals surface area contributed by atoms with Crippen LogP contribution in [0.2, 0.25) is 0 Å². The standard InChI is InChI=1S/C22H32N4O2.CH2O2/c1-2-25-14-16-12-17(15-25)20(26-19(16)7-5-8-22(26)28)13-24-21(27)10-9-18-6-3-4-11-23-18;2-1-3/h3-4,6,11,16-17,19-20H,2,5,7-10,12-15H2,1H3,(H,24,27);1H,(H,2,3)/t16-,17+,19+,20+;/m1./s1. The number of likely N-dealkylation sites (tertiary alicyclic amines) is 1. The molecule has 2 amide bonds. The molecule has 2 N–H and O–H groups in total. The Bertz CT molecular complexity index is 744. The molecule has 0 aliphatic carbocycles. The van der Waals surface area contributed by atoms with Gasteiger partial charge in [-0.25, -0.2) is 0 Å². The number of rotatable bonds is 6. The van der Waals surface area contributed by atoms with Crippen LogP contribution in [-0.4, -0.2) is 76.4 Å². The fraction of sp³-hybridized carbons (Fsp3) is 0.652. The van der Waals surface area contributed by atoms with Crippen LogP contribution < -0.4 is 5.32 Å². The van der Waals surface area contributed by atoms with Crippen LogP contribution in [0, 0.1) is 11.8 Å². The molecule has 4 heterocycles. The minimum absolute atomic E-state index is 0.0527. The van der Waals surface area contributed by atoms with Gasteiger partial charge in [-0.05, 0) is 56.2 Å². The lowest BCUT2D eigenvalue weighted by molar-refractivity contribution is -0.153. The Morgan fingerprint density at radius 3 is 2.81 bits per heavy atom. The minimum Gasteiger partial charge on any atom is -0.483 e. The zero-order valence-electron chi connectivity index (χ0n) is 18.3. The number of pyridine rings is 1. The number of aromatic nitrogens is 1. The van der Waals surface area contributed by atoms with Crippen LogP contribution in [-0.2, 0) is 20.8 Å². The molecule has 3 fully saturated rings. The fourth-order valence-electron chi connectivity index (χ4n) is 5.49. The van der Waals surface area contributed by atoms with Crippen molar-refractivity contribution in [3.8, 4) is 0 Å². The second-order valence-electron chi connectivity index (χ2n) is 8.67. The summed E-state index contributed by atoms with van der Waals surface area (Å²) in [6.07, 6.45) is 6.84. The fourth-order valence-corrected chi connectivity index (χ4v) is 5.49. The minimum atomic E-state index is -0.250. The summed E-state index contributed by atoms with van der Waals surface area (Å²) in [4.78, 5) is 42.6. The second-order valence-corrected chi connectivity index (χ2v) is 8.67. The molecular weight excluding hydrogens is 396 g/mol. The van der Waals surface area contributed by atoms with Crippen molar-refractivity contribution in [2.75, 3.05) is 26.2 Å². The Morgan fingerprint density at radius 1 is 1.32 bits per heavy atom. The third kappa shape index (κ3) is 5.81. The van der Waals surface area contributed by atoms with E-state index >= 15 is 0 Å². The van der Waals surface area contributed by atoms with Gasteiger partial charge in [0.2, 0.25) is 11.8 Å². The summed E-state index contributed by atoms with van der Waals surface area (Å²) >= 11 is 0. The van der Waals surface area contributed by atoms with E-state index in [9.17, 15) is 9.59 Å². The third-order valence-electron chi connectivity index (χ3n) is 6.86. The number of amides is 2. The van der Waals surface area contributed by atoms with Gasteiger partial charge < -0.3 is 20.2 Å². The number of hydrogen-bond acceptors (Lipinski definition) is 5. The summed E-state index contributed by atoms with van der Waals surface area (Å²) < 4.78 is 0. The van der Waals surface area contributed by atoms with Gasteiger partial charge in [-0.3, -0.25) is 19.4 Å². The number of carbonyl (C=O) groups is 3. The molecule has 4 atom stereocenters. The summed E-state index contributed by atoms with van der Waals surface area (Å²) in [6, 6.07) is 6.29. The molecule has 4 rings (SSSR count). The summed E-state index contributed by atoms with van der Waals surface area (Å²) in [5.41, 5.74) is 0.940. The predicted molar refractivity (Wildman–Crippen MR) is 116 cm³/mol. The van der Waals surface area contributed by atoms with E-state index < -0.39 is 0 Å².